The molecule has 2 aromatic heterocycles. The average Bonchev–Trinajstić information content (AvgIpc) is 3.17. The fourth-order valence-electron chi connectivity index (χ4n) is 3.68. The van der Waals surface area contributed by atoms with Crippen LogP contribution in [-0.4, -0.2) is 64.0 Å². The number of ether oxygens (including phenoxy) is 1. The molecule has 0 bridgehead atoms. The number of rotatable bonds is 7. The van der Waals surface area contributed by atoms with Gasteiger partial charge in [-0.05, 0) is 57.5 Å². The van der Waals surface area contributed by atoms with Crippen LogP contribution in [0, 0.1) is 17.5 Å². The number of alkyl halides is 6. The summed E-state index contributed by atoms with van der Waals surface area (Å²) in [6, 6.07) is 2.23. The van der Waals surface area contributed by atoms with Crippen molar-refractivity contribution in [2.45, 2.75) is 31.9 Å². The Labute approximate surface area is 228 Å². The second kappa shape index (κ2) is 11.5. The Kier molecular flexibility index (Phi) is 8.96. The monoisotopic (exact) mass is 595 g/mol. The Morgan fingerprint density at radius 1 is 1.10 bits per heavy atom. The number of anilines is 1. The quantitative estimate of drug-likeness (QED) is 0.290. The molecule has 1 amide bonds. The zero-order valence-corrected chi connectivity index (χ0v) is 22.3. The number of nitrogens with zero attached hydrogens (tertiary/aromatic N) is 5. The lowest BCUT2D eigenvalue weighted by atomic mass is 10.1. The lowest BCUT2D eigenvalue weighted by Gasteiger charge is -2.22. The minimum absolute atomic E-state index is 0.118. The van der Waals surface area contributed by atoms with E-state index in [-0.39, 0.29) is 35.4 Å². The van der Waals surface area contributed by atoms with Crippen molar-refractivity contribution in [3.8, 4) is 11.4 Å². The van der Waals surface area contributed by atoms with Crippen LogP contribution in [0.3, 0.4) is 0 Å². The molecule has 0 fully saturated rings. The zero-order chi connectivity index (χ0) is 30.2. The van der Waals surface area contributed by atoms with Gasteiger partial charge in [0, 0.05) is 26.0 Å². The summed E-state index contributed by atoms with van der Waals surface area (Å²) < 4.78 is 104. The molecule has 8 nitrogen and oxygen atoms in total. The summed E-state index contributed by atoms with van der Waals surface area (Å²) in [6.07, 6.45) is -10.7. The molecular formula is C24H24F7N5O3S. The van der Waals surface area contributed by atoms with Crippen molar-refractivity contribution in [1.29, 1.82) is 0 Å². The third-order valence-electron chi connectivity index (χ3n) is 5.61. The molecule has 218 valence electrons. The molecule has 0 spiro atoms. The van der Waals surface area contributed by atoms with Gasteiger partial charge < -0.3 is 19.3 Å². The number of carbonyl (C=O) groups is 1. The number of imidazole rings is 1. The van der Waals surface area contributed by atoms with E-state index in [1.165, 1.54) is 17.7 Å². The topological polar surface area (TPSA) is 75.8 Å². The Balaban J connectivity index is 2.18. The summed E-state index contributed by atoms with van der Waals surface area (Å²) in [7, 11) is 4.46. The van der Waals surface area contributed by atoms with Gasteiger partial charge in [-0.3, -0.25) is 9.47 Å². The van der Waals surface area contributed by atoms with Gasteiger partial charge >= 0.3 is 18.4 Å². The van der Waals surface area contributed by atoms with Gasteiger partial charge in [0.1, 0.15) is 17.2 Å². The van der Waals surface area contributed by atoms with E-state index in [0.717, 1.165) is 29.9 Å². The van der Waals surface area contributed by atoms with Gasteiger partial charge in [-0.25, -0.2) is 14.2 Å². The van der Waals surface area contributed by atoms with Crippen LogP contribution in [-0.2, 0) is 18.9 Å². The van der Waals surface area contributed by atoms with Crippen LogP contribution >= 0.6 is 12.2 Å². The highest BCUT2D eigenvalue weighted by molar-refractivity contribution is 7.71. The number of aryl methyl sites for hydroxylation is 1. The molecule has 0 saturated carbocycles. The smallest absolute Gasteiger partial charge is 0.407 e. The number of pyridine rings is 1. The van der Waals surface area contributed by atoms with E-state index < -0.39 is 52.9 Å². The Morgan fingerprint density at radius 3 is 2.30 bits per heavy atom. The summed E-state index contributed by atoms with van der Waals surface area (Å²) in [5, 5.41) is 10.2. The molecule has 0 aliphatic heterocycles. The van der Waals surface area contributed by atoms with Crippen molar-refractivity contribution < 1.29 is 45.4 Å². The van der Waals surface area contributed by atoms with E-state index in [1.807, 2.05) is 0 Å². The first-order valence-corrected chi connectivity index (χ1v) is 11.8. The van der Waals surface area contributed by atoms with E-state index >= 15 is 0 Å². The third-order valence-corrected chi connectivity index (χ3v) is 6.04. The Morgan fingerprint density at radius 2 is 1.75 bits per heavy atom. The van der Waals surface area contributed by atoms with Gasteiger partial charge in [-0.1, -0.05) is 0 Å². The van der Waals surface area contributed by atoms with E-state index in [0.29, 0.717) is 11.0 Å². The lowest BCUT2D eigenvalue weighted by Crippen LogP contribution is -2.31. The van der Waals surface area contributed by atoms with Crippen LogP contribution in [0.5, 0.6) is 5.75 Å². The molecule has 1 atom stereocenters. The van der Waals surface area contributed by atoms with Gasteiger partial charge in [0.25, 0.3) is 0 Å². The Bertz CT molecular complexity index is 1450. The number of likely N-dealkylation sites (N-methyl/N-ethyl adjacent to an activating group) is 1. The highest BCUT2D eigenvalue weighted by Gasteiger charge is 2.42. The third kappa shape index (κ3) is 6.98. The minimum atomic E-state index is -5.39. The van der Waals surface area contributed by atoms with E-state index in [2.05, 4.69) is 4.98 Å². The SMILES string of the molecule is Cc1nc(N(C)C(=O)Oc2c(-n3ccn(CC(O)CN(C)C)c3=S)cc(C(F)(F)F)cc2C(F)(F)F)ccc1F. The summed E-state index contributed by atoms with van der Waals surface area (Å²) >= 11 is 5.28. The second-order valence-electron chi connectivity index (χ2n) is 9.05. The van der Waals surface area contributed by atoms with Crippen molar-refractivity contribution in [3.05, 3.63) is 64.1 Å². The minimum Gasteiger partial charge on any atom is -0.407 e. The number of halogens is 7. The van der Waals surface area contributed by atoms with Crippen LogP contribution in [0.25, 0.3) is 5.69 Å². The molecule has 1 N–H and O–H groups in total. The maximum Gasteiger partial charge on any atom is 0.420 e. The van der Waals surface area contributed by atoms with Gasteiger partial charge in [0.05, 0.1) is 29.6 Å². The number of aliphatic hydroxyl groups is 1. The normalized spacial score (nSPS) is 13.0. The fourth-order valence-corrected chi connectivity index (χ4v) is 3.98. The van der Waals surface area contributed by atoms with Gasteiger partial charge in [0.15, 0.2) is 10.5 Å². The number of amides is 1. The van der Waals surface area contributed by atoms with Crippen LogP contribution in [0.15, 0.2) is 36.7 Å². The number of hydrogen-bond donors (Lipinski definition) is 1. The molecular weight excluding hydrogens is 571 g/mol. The van der Waals surface area contributed by atoms with Crippen molar-refractivity contribution in [3.63, 3.8) is 0 Å². The highest BCUT2D eigenvalue weighted by Crippen LogP contribution is 2.44. The van der Waals surface area contributed by atoms with Gasteiger partial charge in [-0.15, -0.1) is 0 Å². The first kappa shape index (κ1) is 31.0. The zero-order valence-electron chi connectivity index (χ0n) is 21.5. The first-order valence-electron chi connectivity index (χ1n) is 11.4. The number of benzene rings is 1. The van der Waals surface area contributed by atoms with Crippen molar-refractivity contribution in [2.75, 3.05) is 32.6 Å². The van der Waals surface area contributed by atoms with Crippen LogP contribution < -0.4 is 9.64 Å². The summed E-state index contributed by atoms with van der Waals surface area (Å²) in [4.78, 5) is 19.0. The standard InChI is InChI=1S/C24H24F7N5O3S/c1-13-17(25)5-6-19(32-13)34(4)22(38)39-20-16(24(29,30)31)9-14(23(26,27)28)10-18(20)36-8-7-35(21(36)40)12-15(37)11-33(2)3/h5-10,15,37H,11-12H2,1-4H3. The molecule has 0 radical (unpaired) electrons. The van der Waals surface area contributed by atoms with Crippen LogP contribution in [0.1, 0.15) is 16.8 Å². The van der Waals surface area contributed by atoms with Gasteiger partial charge in [0.2, 0.25) is 0 Å². The number of aliphatic hydroxyl groups excluding tert-OH is 1. The summed E-state index contributed by atoms with van der Waals surface area (Å²) in [5.74, 6) is -2.15. The van der Waals surface area contributed by atoms with E-state index in [1.54, 1.807) is 19.0 Å². The maximum atomic E-state index is 14.1. The molecule has 3 rings (SSSR count). The Hall–Kier alpha value is -3.50. The molecule has 1 unspecified atom stereocenters. The molecule has 2 heterocycles. The van der Waals surface area contributed by atoms with Crippen molar-refractivity contribution in [2.24, 2.45) is 0 Å². The lowest BCUT2D eigenvalue weighted by molar-refractivity contribution is -0.143. The predicted molar refractivity (Wildman–Crippen MR) is 133 cm³/mol. The molecule has 16 heteroatoms. The summed E-state index contributed by atoms with van der Waals surface area (Å²) in [5.41, 5.74) is -4.49. The molecule has 3 aromatic rings. The molecule has 0 saturated heterocycles. The molecule has 0 aliphatic rings. The number of aromatic nitrogens is 3. The summed E-state index contributed by atoms with van der Waals surface area (Å²) in [6.45, 7) is 1.36. The number of carbonyl (C=O) groups excluding carboxylic acids is 1. The average molecular weight is 596 g/mol. The largest absolute Gasteiger partial charge is 0.420 e. The first-order chi connectivity index (χ1) is 18.4. The van der Waals surface area contributed by atoms with Crippen molar-refractivity contribution in [1.82, 2.24) is 19.0 Å². The maximum absolute atomic E-state index is 14.1. The van der Waals surface area contributed by atoms with Crippen molar-refractivity contribution >= 4 is 24.1 Å². The van der Waals surface area contributed by atoms with Gasteiger partial charge in [-0.2, -0.15) is 26.3 Å². The van der Waals surface area contributed by atoms with Crippen LogP contribution in [0.4, 0.5) is 41.3 Å². The highest BCUT2D eigenvalue weighted by atomic mass is 32.1. The fraction of sp³-hybridized carbons (Fsp3) is 0.375. The van der Waals surface area contributed by atoms with E-state index in [9.17, 15) is 40.6 Å². The molecule has 40 heavy (non-hydrogen) atoms. The predicted octanol–water partition coefficient (Wildman–Crippen LogP) is 5.45. The van der Waals surface area contributed by atoms with E-state index in [4.69, 9.17) is 17.0 Å². The second-order valence-corrected chi connectivity index (χ2v) is 9.42. The molecule has 1 aromatic carbocycles. The van der Waals surface area contributed by atoms with Crippen LogP contribution in [0.2, 0.25) is 0 Å². The molecule has 0 aliphatic carbocycles. The number of hydrogen-bond acceptors (Lipinski definition) is 6.